The van der Waals surface area contributed by atoms with Crippen molar-refractivity contribution < 1.29 is 0 Å². The number of hydrogen-bond acceptors (Lipinski definition) is 3. The predicted octanol–water partition coefficient (Wildman–Crippen LogP) is 2.54. The average molecular weight is 232 g/mol. The first-order valence-electron chi connectivity index (χ1n) is 5.68. The average Bonchev–Trinajstić information content (AvgIpc) is 2.38. The summed E-state index contributed by atoms with van der Waals surface area (Å²) in [6.45, 7) is 0.880. The van der Waals surface area contributed by atoms with E-state index in [9.17, 15) is 0 Å². The van der Waals surface area contributed by atoms with Gasteiger partial charge in [0.25, 0.3) is 0 Å². The molecule has 0 radical (unpaired) electrons. The van der Waals surface area contributed by atoms with Crippen LogP contribution < -0.4 is 5.32 Å². The molecule has 0 unspecified atom stereocenters. The van der Waals surface area contributed by atoms with E-state index in [4.69, 9.17) is 5.26 Å². The van der Waals surface area contributed by atoms with Crippen molar-refractivity contribution in [1.29, 1.82) is 5.26 Å². The molecule has 1 aromatic carbocycles. The second-order valence-electron chi connectivity index (χ2n) is 4.08. The van der Waals surface area contributed by atoms with E-state index < -0.39 is 0 Å². The summed E-state index contributed by atoms with van der Waals surface area (Å²) < 4.78 is 0. The molecule has 3 heteroatoms. The highest BCUT2D eigenvalue weighted by Crippen LogP contribution is 2.17. The lowest BCUT2D eigenvalue weighted by atomic mass is 10.1. The van der Waals surface area contributed by atoms with Gasteiger partial charge in [-0.25, -0.2) is 0 Å². The van der Waals surface area contributed by atoms with Gasteiger partial charge in [0.15, 0.2) is 0 Å². The number of nitrogens with zero attached hydrogens (tertiary/aromatic N) is 1. The standard InChI is InChI=1S/C13H16N2S/c14-9-11-2-1-3-12(8-11)10-15-13-4-6-16-7-5-13/h1-3,8,13,15H,4-7,10H2. The number of benzene rings is 1. The summed E-state index contributed by atoms with van der Waals surface area (Å²) in [7, 11) is 0. The molecule has 1 aromatic rings. The minimum atomic E-state index is 0.659. The maximum Gasteiger partial charge on any atom is 0.0991 e. The molecule has 1 aliphatic heterocycles. The highest BCUT2D eigenvalue weighted by molar-refractivity contribution is 7.99. The Kier molecular flexibility index (Phi) is 4.26. The summed E-state index contributed by atoms with van der Waals surface area (Å²) in [5, 5.41) is 12.4. The first kappa shape index (κ1) is 11.5. The van der Waals surface area contributed by atoms with Gasteiger partial charge in [0.2, 0.25) is 0 Å². The summed E-state index contributed by atoms with van der Waals surface area (Å²) in [6, 6.07) is 10.7. The number of hydrogen-bond donors (Lipinski definition) is 1. The third-order valence-corrected chi connectivity index (χ3v) is 3.92. The fraction of sp³-hybridized carbons (Fsp3) is 0.462. The van der Waals surface area contributed by atoms with Crippen molar-refractivity contribution in [3.05, 3.63) is 35.4 Å². The summed E-state index contributed by atoms with van der Waals surface area (Å²) in [6.07, 6.45) is 2.53. The van der Waals surface area contributed by atoms with Crippen molar-refractivity contribution in [2.45, 2.75) is 25.4 Å². The highest BCUT2D eigenvalue weighted by atomic mass is 32.2. The van der Waals surface area contributed by atoms with Crippen molar-refractivity contribution in [3.8, 4) is 6.07 Å². The number of thioether (sulfide) groups is 1. The molecule has 16 heavy (non-hydrogen) atoms. The molecule has 1 N–H and O–H groups in total. The van der Waals surface area contributed by atoms with E-state index in [1.54, 1.807) is 0 Å². The van der Waals surface area contributed by atoms with Gasteiger partial charge >= 0.3 is 0 Å². The minimum absolute atomic E-state index is 0.659. The van der Waals surface area contributed by atoms with Crippen LogP contribution in [0.25, 0.3) is 0 Å². The van der Waals surface area contributed by atoms with E-state index in [0.717, 1.165) is 12.1 Å². The summed E-state index contributed by atoms with van der Waals surface area (Å²) in [5.41, 5.74) is 1.95. The van der Waals surface area contributed by atoms with Crippen LogP contribution in [0.1, 0.15) is 24.0 Å². The molecule has 2 nitrogen and oxygen atoms in total. The molecule has 0 bridgehead atoms. The van der Waals surface area contributed by atoms with Crippen LogP contribution in [-0.2, 0) is 6.54 Å². The Hall–Kier alpha value is -0.980. The zero-order chi connectivity index (χ0) is 11.2. The van der Waals surface area contributed by atoms with E-state index in [1.807, 2.05) is 30.0 Å². The summed E-state index contributed by atoms with van der Waals surface area (Å²) in [5.74, 6) is 2.55. The molecule has 0 aromatic heterocycles. The van der Waals surface area contributed by atoms with Crippen LogP contribution in [0, 0.1) is 11.3 Å². The van der Waals surface area contributed by atoms with Crippen LogP contribution in [0.15, 0.2) is 24.3 Å². The Bertz CT molecular complexity index is 378. The largest absolute Gasteiger partial charge is 0.310 e. The van der Waals surface area contributed by atoms with Crippen LogP contribution >= 0.6 is 11.8 Å². The van der Waals surface area contributed by atoms with Crippen molar-refractivity contribution in [1.82, 2.24) is 5.32 Å². The molecule has 0 saturated carbocycles. The maximum absolute atomic E-state index is 8.81. The molecular weight excluding hydrogens is 216 g/mol. The first-order chi connectivity index (χ1) is 7.88. The fourth-order valence-corrected chi connectivity index (χ4v) is 3.02. The lowest BCUT2D eigenvalue weighted by Crippen LogP contribution is -2.32. The first-order valence-corrected chi connectivity index (χ1v) is 6.84. The van der Waals surface area contributed by atoms with Gasteiger partial charge in [0.1, 0.15) is 0 Å². The highest BCUT2D eigenvalue weighted by Gasteiger charge is 2.12. The smallest absolute Gasteiger partial charge is 0.0991 e. The molecule has 1 fully saturated rings. The minimum Gasteiger partial charge on any atom is -0.310 e. The van der Waals surface area contributed by atoms with Crippen LogP contribution in [0.4, 0.5) is 0 Å². The Morgan fingerprint density at radius 2 is 2.19 bits per heavy atom. The van der Waals surface area contributed by atoms with E-state index in [-0.39, 0.29) is 0 Å². The topological polar surface area (TPSA) is 35.8 Å². The molecule has 0 atom stereocenters. The van der Waals surface area contributed by atoms with Gasteiger partial charge in [-0.1, -0.05) is 12.1 Å². The zero-order valence-electron chi connectivity index (χ0n) is 9.28. The van der Waals surface area contributed by atoms with E-state index in [1.165, 1.54) is 29.9 Å². The van der Waals surface area contributed by atoms with Crippen LogP contribution in [0.5, 0.6) is 0 Å². The van der Waals surface area contributed by atoms with Crippen molar-refractivity contribution in [3.63, 3.8) is 0 Å². The van der Waals surface area contributed by atoms with Gasteiger partial charge < -0.3 is 5.32 Å². The lowest BCUT2D eigenvalue weighted by molar-refractivity contribution is 0.482. The summed E-state index contributed by atoms with van der Waals surface area (Å²) in [4.78, 5) is 0. The SMILES string of the molecule is N#Cc1cccc(CNC2CCSCC2)c1. The molecule has 2 rings (SSSR count). The van der Waals surface area contributed by atoms with Crippen LogP contribution in [0.3, 0.4) is 0 Å². The molecular formula is C13H16N2S. The van der Waals surface area contributed by atoms with Gasteiger partial charge in [-0.15, -0.1) is 0 Å². The molecule has 1 saturated heterocycles. The second kappa shape index (κ2) is 5.93. The van der Waals surface area contributed by atoms with Gasteiger partial charge in [-0.3, -0.25) is 0 Å². The van der Waals surface area contributed by atoms with E-state index >= 15 is 0 Å². The van der Waals surface area contributed by atoms with Crippen molar-refractivity contribution in [2.75, 3.05) is 11.5 Å². The van der Waals surface area contributed by atoms with Crippen LogP contribution in [0.2, 0.25) is 0 Å². The maximum atomic E-state index is 8.81. The third-order valence-electron chi connectivity index (χ3n) is 2.87. The molecule has 1 aliphatic rings. The molecule has 0 aliphatic carbocycles. The van der Waals surface area contributed by atoms with Gasteiger partial charge in [-0.05, 0) is 42.0 Å². The van der Waals surface area contributed by atoms with Gasteiger partial charge in [0, 0.05) is 12.6 Å². The number of nitriles is 1. The van der Waals surface area contributed by atoms with E-state index in [2.05, 4.69) is 17.5 Å². The summed E-state index contributed by atoms with van der Waals surface area (Å²) >= 11 is 2.04. The molecule has 0 spiro atoms. The molecule has 0 amide bonds. The van der Waals surface area contributed by atoms with Gasteiger partial charge in [-0.2, -0.15) is 17.0 Å². The Morgan fingerprint density at radius 1 is 1.38 bits per heavy atom. The van der Waals surface area contributed by atoms with Crippen LogP contribution in [-0.4, -0.2) is 17.5 Å². The van der Waals surface area contributed by atoms with E-state index in [0.29, 0.717) is 6.04 Å². The van der Waals surface area contributed by atoms with Crippen molar-refractivity contribution >= 4 is 11.8 Å². The molecule has 1 heterocycles. The number of rotatable bonds is 3. The third kappa shape index (κ3) is 3.26. The van der Waals surface area contributed by atoms with Crippen molar-refractivity contribution in [2.24, 2.45) is 0 Å². The number of nitrogens with one attached hydrogen (secondary N) is 1. The lowest BCUT2D eigenvalue weighted by Gasteiger charge is -2.22. The zero-order valence-corrected chi connectivity index (χ0v) is 10.1. The Labute approximate surface area is 101 Å². The fourth-order valence-electron chi connectivity index (χ4n) is 1.91. The van der Waals surface area contributed by atoms with Gasteiger partial charge in [0.05, 0.1) is 11.6 Å². The normalized spacial score (nSPS) is 16.9. The Morgan fingerprint density at radius 3 is 2.94 bits per heavy atom. The quantitative estimate of drug-likeness (QED) is 0.870. The molecule has 84 valence electrons. The monoisotopic (exact) mass is 232 g/mol. The second-order valence-corrected chi connectivity index (χ2v) is 5.30. The Balaban J connectivity index is 1.86. The predicted molar refractivity (Wildman–Crippen MR) is 68.3 cm³/mol.